The molecular weight excluding hydrogens is 250 g/mol. The quantitative estimate of drug-likeness (QED) is 0.870. The average molecular weight is 269 g/mol. The molecule has 1 fully saturated rings. The monoisotopic (exact) mass is 269 g/mol. The summed E-state index contributed by atoms with van der Waals surface area (Å²) in [5.41, 5.74) is 0.815. The number of carbonyl (C=O) groups excluding carboxylic acids is 1. The number of fused-ring (bicyclic) bond motifs is 1. The van der Waals surface area contributed by atoms with Crippen molar-refractivity contribution >= 4 is 16.6 Å². The Morgan fingerprint density at radius 1 is 1.20 bits per heavy atom. The summed E-state index contributed by atoms with van der Waals surface area (Å²) in [7, 11) is 1.66. The van der Waals surface area contributed by atoms with Crippen LogP contribution in [0.15, 0.2) is 36.4 Å². The van der Waals surface area contributed by atoms with E-state index in [2.05, 4.69) is 5.32 Å². The van der Waals surface area contributed by atoms with Crippen molar-refractivity contribution in [2.24, 2.45) is 5.92 Å². The van der Waals surface area contributed by atoms with E-state index in [0.29, 0.717) is 0 Å². The van der Waals surface area contributed by atoms with E-state index in [0.717, 1.165) is 48.0 Å². The van der Waals surface area contributed by atoms with Crippen LogP contribution in [-0.4, -0.2) is 26.0 Å². The number of hydrogen-bond donors (Lipinski definition) is 1. The van der Waals surface area contributed by atoms with Gasteiger partial charge in [0.25, 0.3) is 0 Å². The van der Waals surface area contributed by atoms with Gasteiger partial charge >= 0.3 is 0 Å². The molecule has 1 saturated heterocycles. The number of ketones is 1. The van der Waals surface area contributed by atoms with Crippen molar-refractivity contribution in [3.8, 4) is 5.75 Å². The first kappa shape index (κ1) is 13.1. The molecule has 2 aromatic rings. The molecule has 0 bridgehead atoms. The van der Waals surface area contributed by atoms with E-state index in [4.69, 9.17) is 4.74 Å². The molecule has 20 heavy (non-hydrogen) atoms. The van der Waals surface area contributed by atoms with Crippen molar-refractivity contribution in [2.45, 2.75) is 12.8 Å². The molecule has 1 aliphatic rings. The van der Waals surface area contributed by atoms with Crippen LogP contribution in [0.3, 0.4) is 0 Å². The number of ether oxygens (including phenoxy) is 1. The van der Waals surface area contributed by atoms with Gasteiger partial charge in [-0.05, 0) is 36.9 Å². The minimum absolute atomic E-state index is 0.0977. The molecule has 0 spiro atoms. The van der Waals surface area contributed by atoms with Crippen molar-refractivity contribution < 1.29 is 9.53 Å². The van der Waals surface area contributed by atoms with Gasteiger partial charge in [-0.3, -0.25) is 4.79 Å². The van der Waals surface area contributed by atoms with Gasteiger partial charge < -0.3 is 10.1 Å². The molecule has 1 N–H and O–H groups in total. The van der Waals surface area contributed by atoms with E-state index >= 15 is 0 Å². The highest BCUT2D eigenvalue weighted by Crippen LogP contribution is 2.30. The first-order valence-corrected chi connectivity index (χ1v) is 7.12. The number of methoxy groups -OCH3 is 1. The molecule has 0 aliphatic carbocycles. The zero-order valence-corrected chi connectivity index (χ0v) is 11.7. The van der Waals surface area contributed by atoms with Crippen molar-refractivity contribution in [1.29, 1.82) is 0 Å². The Morgan fingerprint density at radius 3 is 2.70 bits per heavy atom. The first-order valence-electron chi connectivity index (χ1n) is 7.12. The second kappa shape index (κ2) is 5.63. The van der Waals surface area contributed by atoms with Gasteiger partial charge in [-0.1, -0.05) is 24.3 Å². The van der Waals surface area contributed by atoms with Gasteiger partial charge in [0, 0.05) is 23.4 Å². The Labute approximate surface area is 118 Å². The topological polar surface area (TPSA) is 38.3 Å². The molecule has 3 rings (SSSR count). The second-order valence-corrected chi connectivity index (χ2v) is 5.27. The van der Waals surface area contributed by atoms with E-state index in [1.54, 1.807) is 7.11 Å². The van der Waals surface area contributed by atoms with Crippen LogP contribution >= 0.6 is 0 Å². The van der Waals surface area contributed by atoms with Crippen LogP contribution in [0.4, 0.5) is 0 Å². The van der Waals surface area contributed by atoms with Gasteiger partial charge in [-0.25, -0.2) is 0 Å². The summed E-state index contributed by atoms with van der Waals surface area (Å²) in [6, 6.07) is 11.7. The van der Waals surface area contributed by atoms with Crippen LogP contribution < -0.4 is 10.1 Å². The summed E-state index contributed by atoms with van der Waals surface area (Å²) in [6.07, 6.45) is 2.05. The average Bonchev–Trinajstić information content (AvgIpc) is 2.54. The smallest absolute Gasteiger partial charge is 0.167 e. The molecule has 3 heteroatoms. The normalized spacial score (nSPS) is 18.9. The fourth-order valence-corrected chi connectivity index (χ4v) is 2.96. The Hall–Kier alpha value is -1.87. The molecule has 104 valence electrons. The molecule has 0 saturated carbocycles. The Kier molecular flexibility index (Phi) is 3.70. The fraction of sp³-hybridized carbons (Fsp3) is 0.353. The minimum Gasteiger partial charge on any atom is -0.496 e. The summed E-state index contributed by atoms with van der Waals surface area (Å²) < 4.78 is 5.38. The SMILES string of the molecule is COc1ccc(C(=O)C2CCCNC2)c2ccccc12. The summed E-state index contributed by atoms with van der Waals surface area (Å²) >= 11 is 0. The molecule has 1 unspecified atom stereocenters. The lowest BCUT2D eigenvalue weighted by Crippen LogP contribution is -2.34. The largest absolute Gasteiger partial charge is 0.496 e. The maximum Gasteiger partial charge on any atom is 0.167 e. The van der Waals surface area contributed by atoms with E-state index in [9.17, 15) is 4.79 Å². The molecule has 1 atom stereocenters. The number of benzene rings is 2. The van der Waals surface area contributed by atoms with Gasteiger partial charge in [0.2, 0.25) is 0 Å². The van der Waals surface area contributed by atoms with Crippen LogP contribution in [0, 0.1) is 5.92 Å². The summed E-state index contributed by atoms with van der Waals surface area (Å²) in [4.78, 5) is 12.7. The zero-order chi connectivity index (χ0) is 13.9. The Bertz CT molecular complexity index is 630. The third-order valence-electron chi connectivity index (χ3n) is 4.04. The third-order valence-corrected chi connectivity index (χ3v) is 4.04. The lowest BCUT2D eigenvalue weighted by molar-refractivity contribution is 0.0901. The number of carbonyl (C=O) groups is 1. The molecule has 0 aromatic heterocycles. The van der Waals surface area contributed by atoms with Crippen molar-refractivity contribution in [1.82, 2.24) is 5.32 Å². The Balaban J connectivity index is 2.05. The van der Waals surface area contributed by atoms with Crippen LogP contribution in [0.1, 0.15) is 23.2 Å². The lowest BCUT2D eigenvalue weighted by atomic mass is 9.88. The maximum absolute atomic E-state index is 12.7. The van der Waals surface area contributed by atoms with E-state index in [1.807, 2.05) is 36.4 Å². The van der Waals surface area contributed by atoms with Crippen molar-refractivity contribution in [3.63, 3.8) is 0 Å². The van der Waals surface area contributed by atoms with E-state index in [-0.39, 0.29) is 11.7 Å². The third kappa shape index (κ3) is 2.29. The van der Waals surface area contributed by atoms with Gasteiger partial charge in [-0.2, -0.15) is 0 Å². The fourth-order valence-electron chi connectivity index (χ4n) is 2.96. The summed E-state index contributed by atoms with van der Waals surface area (Å²) in [5, 5.41) is 5.30. The first-order chi connectivity index (χ1) is 9.81. The molecule has 1 heterocycles. The van der Waals surface area contributed by atoms with Gasteiger partial charge in [0.15, 0.2) is 5.78 Å². The number of Topliss-reactive ketones (excluding diaryl/α,β-unsaturated/α-hetero) is 1. The van der Waals surface area contributed by atoms with Gasteiger partial charge in [0.1, 0.15) is 5.75 Å². The standard InChI is InChI=1S/C17H19NO2/c1-20-16-9-8-15(13-6-2-3-7-14(13)16)17(19)12-5-4-10-18-11-12/h2-3,6-9,12,18H,4-5,10-11H2,1H3. The number of piperidine rings is 1. The molecular formula is C17H19NO2. The van der Waals surface area contributed by atoms with Crippen LogP contribution in [0.25, 0.3) is 10.8 Å². The minimum atomic E-state index is 0.0977. The van der Waals surface area contributed by atoms with E-state index < -0.39 is 0 Å². The van der Waals surface area contributed by atoms with E-state index in [1.165, 1.54) is 0 Å². The zero-order valence-electron chi connectivity index (χ0n) is 11.7. The molecule has 1 aliphatic heterocycles. The van der Waals surface area contributed by atoms with Crippen molar-refractivity contribution in [3.05, 3.63) is 42.0 Å². The van der Waals surface area contributed by atoms with Crippen molar-refractivity contribution in [2.75, 3.05) is 20.2 Å². The lowest BCUT2D eigenvalue weighted by Gasteiger charge is -2.22. The molecule has 0 amide bonds. The van der Waals surface area contributed by atoms with Gasteiger partial charge in [0.05, 0.1) is 7.11 Å². The summed E-state index contributed by atoms with van der Waals surface area (Å²) in [5.74, 6) is 1.16. The Morgan fingerprint density at radius 2 is 2.00 bits per heavy atom. The number of hydrogen-bond acceptors (Lipinski definition) is 3. The number of nitrogens with one attached hydrogen (secondary N) is 1. The predicted molar refractivity (Wildman–Crippen MR) is 80.4 cm³/mol. The molecule has 3 nitrogen and oxygen atoms in total. The second-order valence-electron chi connectivity index (χ2n) is 5.27. The van der Waals surface area contributed by atoms with Crippen LogP contribution in [0.2, 0.25) is 0 Å². The maximum atomic E-state index is 12.7. The predicted octanol–water partition coefficient (Wildman–Crippen LogP) is 3.03. The van der Waals surface area contributed by atoms with Gasteiger partial charge in [-0.15, -0.1) is 0 Å². The van der Waals surface area contributed by atoms with Crippen LogP contribution in [-0.2, 0) is 0 Å². The summed E-state index contributed by atoms with van der Waals surface area (Å²) in [6.45, 7) is 1.81. The highest BCUT2D eigenvalue weighted by molar-refractivity contribution is 6.10. The number of rotatable bonds is 3. The van der Waals surface area contributed by atoms with Crippen LogP contribution in [0.5, 0.6) is 5.75 Å². The molecule has 2 aromatic carbocycles. The highest BCUT2D eigenvalue weighted by Gasteiger charge is 2.23. The molecule has 0 radical (unpaired) electrons. The highest BCUT2D eigenvalue weighted by atomic mass is 16.5.